The highest BCUT2D eigenvalue weighted by Crippen LogP contribution is 2.02. The van der Waals surface area contributed by atoms with Crippen LogP contribution < -0.4 is 4.74 Å². The van der Waals surface area contributed by atoms with E-state index in [2.05, 4.69) is 4.98 Å². The number of benzene rings is 1. The first-order valence-electron chi connectivity index (χ1n) is 5.69. The highest BCUT2D eigenvalue weighted by atomic mass is 16.5. The second-order valence-electron chi connectivity index (χ2n) is 3.72. The predicted octanol–water partition coefficient (Wildman–Crippen LogP) is 2.24. The minimum absolute atomic E-state index is 0.216. The lowest BCUT2D eigenvalue weighted by Gasteiger charge is -2.04. The first-order chi connectivity index (χ1) is 8.84. The smallest absolute Gasteiger partial charge is 0.213 e. The molecule has 0 fully saturated rings. The Morgan fingerprint density at radius 3 is 2.61 bits per heavy atom. The Morgan fingerprint density at radius 1 is 1.11 bits per heavy atom. The van der Waals surface area contributed by atoms with E-state index in [9.17, 15) is 5.21 Å². The summed E-state index contributed by atoms with van der Waals surface area (Å²) in [7, 11) is 0. The molecule has 0 saturated carbocycles. The molecular weight excluding hydrogens is 228 g/mol. The summed E-state index contributed by atoms with van der Waals surface area (Å²) in [5.41, 5.74) is 0.974. The fourth-order valence-electron chi connectivity index (χ4n) is 1.47. The fraction of sp³-hybridized carbons (Fsp3) is 0.143. The molecule has 0 bridgehead atoms. The first kappa shape index (κ1) is 12.1. The van der Waals surface area contributed by atoms with Crippen molar-refractivity contribution in [3.05, 3.63) is 65.5 Å². The Morgan fingerprint density at radius 2 is 1.89 bits per heavy atom. The van der Waals surface area contributed by atoms with Gasteiger partial charge in [-0.05, 0) is 6.07 Å². The SMILES string of the molecule is [O-][N+](=CCOc1ccccn1)Cc1ccccc1. The standard InChI is InChI=1S/C14H14N2O2/c17-16(12-13-6-2-1-3-7-13)10-11-18-14-8-4-5-9-15-14/h1-10H,11-12H2. The summed E-state index contributed by atoms with van der Waals surface area (Å²) in [4.78, 5) is 4.00. The summed E-state index contributed by atoms with van der Waals surface area (Å²) in [5.74, 6) is 0.516. The summed E-state index contributed by atoms with van der Waals surface area (Å²) < 4.78 is 6.17. The lowest BCUT2D eigenvalue weighted by molar-refractivity contribution is -0.471. The molecule has 4 heteroatoms. The van der Waals surface area contributed by atoms with Crippen LogP contribution in [0.2, 0.25) is 0 Å². The molecule has 0 amide bonds. The van der Waals surface area contributed by atoms with Crippen LogP contribution in [0.25, 0.3) is 0 Å². The monoisotopic (exact) mass is 242 g/mol. The highest BCUT2D eigenvalue weighted by Gasteiger charge is 1.98. The maximum atomic E-state index is 11.6. The van der Waals surface area contributed by atoms with Crippen molar-refractivity contribution in [3.63, 3.8) is 0 Å². The van der Waals surface area contributed by atoms with E-state index in [0.29, 0.717) is 12.4 Å². The van der Waals surface area contributed by atoms with Crippen molar-refractivity contribution >= 4 is 6.21 Å². The van der Waals surface area contributed by atoms with Crippen LogP contribution in [0.1, 0.15) is 5.56 Å². The Kier molecular flexibility index (Phi) is 4.30. The Balaban J connectivity index is 1.83. The van der Waals surface area contributed by atoms with Crippen LogP contribution in [0.15, 0.2) is 54.7 Å². The van der Waals surface area contributed by atoms with Crippen LogP contribution in [-0.4, -0.2) is 22.5 Å². The molecule has 0 radical (unpaired) electrons. The number of hydrogen-bond acceptors (Lipinski definition) is 3. The van der Waals surface area contributed by atoms with Crippen LogP contribution >= 0.6 is 0 Å². The van der Waals surface area contributed by atoms with Gasteiger partial charge in [0.2, 0.25) is 5.88 Å². The first-order valence-corrected chi connectivity index (χ1v) is 5.69. The molecule has 1 aromatic carbocycles. The van der Waals surface area contributed by atoms with Gasteiger partial charge in [-0.15, -0.1) is 0 Å². The molecule has 2 rings (SSSR count). The van der Waals surface area contributed by atoms with E-state index in [-0.39, 0.29) is 6.61 Å². The number of aromatic nitrogens is 1. The van der Waals surface area contributed by atoms with Crippen LogP contribution in [0.5, 0.6) is 5.88 Å². The predicted molar refractivity (Wildman–Crippen MR) is 69.6 cm³/mol. The fourth-order valence-corrected chi connectivity index (χ4v) is 1.47. The zero-order valence-corrected chi connectivity index (χ0v) is 9.90. The van der Waals surface area contributed by atoms with Gasteiger partial charge in [-0.25, -0.2) is 9.72 Å². The lowest BCUT2D eigenvalue weighted by atomic mass is 10.2. The highest BCUT2D eigenvalue weighted by molar-refractivity contribution is 5.53. The van der Waals surface area contributed by atoms with Gasteiger partial charge in [0.05, 0.1) is 0 Å². The van der Waals surface area contributed by atoms with Crippen LogP contribution in [0, 0.1) is 5.21 Å². The molecule has 0 aliphatic heterocycles. The van der Waals surface area contributed by atoms with Gasteiger partial charge < -0.3 is 9.94 Å². The second kappa shape index (κ2) is 6.39. The minimum atomic E-state index is 0.216. The van der Waals surface area contributed by atoms with E-state index in [1.165, 1.54) is 6.21 Å². The number of ether oxygens (including phenoxy) is 1. The van der Waals surface area contributed by atoms with E-state index < -0.39 is 0 Å². The van der Waals surface area contributed by atoms with Crippen molar-refractivity contribution in [1.82, 2.24) is 4.98 Å². The van der Waals surface area contributed by atoms with Gasteiger partial charge >= 0.3 is 0 Å². The van der Waals surface area contributed by atoms with Gasteiger partial charge in [0.1, 0.15) is 0 Å². The zero-order valence-electron chi connectivity index (χ0n) is 9.90. The molecule has 0 unspecified atom stereocenters. The van der Waals surface area contributed by atoms with Gasteiger partial charge in [0, 0.05) is 17.8 Å². The molecule has 18 heavy (non-hydrogen) atoms. The molecule has 1 aromatic heterocycles. The number of nitrogens with zero attached hydrogens (tertiary/aromatic N) is 2. The lowest BCUT2D eigenvalue weighted by Crippen LogP contribution is -2.11. The maximum Gasteiger partial charge on any atom is 0.213 e. The van der Waals surface area contributed by atoms with Gasteiger partial charge in [-0.2, -0.15) is 0 Å². The number of rotatable bonds is 5. The average molecular weight is 242 g/mol. The largest absolute Gasteiger partial charge is 0.624 e. The summed E-state index contributed by atoms with van der Waals surface area (Å²) in [5, 5.41) is 11.6. The van der Waals surface area contributed by atoms with Crippen molar-refractivity contribution in [2.24, 2.45) is 0 Å². The van der Waals surface area contributed by atoms with E-state index in [0.717, 1.165) is 10.3 Å². The van der Waals surface area contributed by atoms with Crippen LogP contribution in [0.3, 0.4) is 0 Å². The molecule has 0 atom stereocenters. The zero-order chi connectivity index (χ0) is 12.6. The molecule has 1 heterocycles. The molecule has 0 saturated heterocycles. The van der Waals surface area contributed by atoms with Crippen molar-refractivity contribution in [2.75, 3.05) is 6.61 Å². The van der Waals surface area contributed by atoms with Crippen LogP contribution in [-0.2, 0) is 6.54 Å². The van der Waals surface area contributed by atoms with Crippen molar-refractivity contribution in [2.45, 2.75) is 6.54 Å². The van der Waals surface area contributed by atoms with E-state index >= 15 is 0 Å². The van der Waals surface area contributed by atoms with Gasteiger partial charge in [-0.1, -0.05) is 36.4 Å². The van der Waals surface area contributed by atoms with E-state index in [1.807, 2.05) is 42.5 Å². The molecule has 0 aliphatic rings. The summed E-state index contributed by atoms with van der Waals surface area (Å²) >= 11 is 0. The van der Waals surface area contributed by atoms with E-state index in [1.54, 1.807) is 12.3 Å². The number of pyridine rings is 1. The van der Waals surface area contributed by atoms with Crippen molar-refractivity contribution in [1.29, 1.82) is 0 Å². The average Bonchev–Trinajstić information content (AvgIpc) is 2.41. The molecule has 0 aliphatic carbocycles. The third-order valence-corrected chi connectivity index (χ3v) is 2.33. The number of hydroxylamine groups is 1. The maximum absolute atomic E-state index is 11.6. The van der Waals surface area contributed by atoms with Crippen molar-refractivity contribution in [3.8, 4) is 5.88 Å². The summed E-state index contributed by atoms with van der Waals surface area (Å²) in [6.07, 6.45) is 3.11. The summed E-state index contributed by atoms with van der Waals surface area (Å²) in [6, 6.07) is 15.0. The molecule has 92 valence electrons. The quantitative estimate of drug-likeness (QED) is 0.349. The van der Waals surface area contributed by atoms with Crippen LogP contribution in [0.4, 0.5) is 0 Å². The Bertz CT molecular complexity index is 498. The minimum Gasteiger partial charge on any atom is -0.624 e. The topological polar surface area (TPSA) is 48.2 Å². The molecule has 0 N–H and O–H groups in total. The third kappa shape index (κ3) is 3.90. The van der Waals surface area contributed by atoms with Gasteiger partial charge in [0.15, 0.2) is 19.4 Å². The molecule has 0 spiro atoms. The Labute approximate surface area is 106 Å². The molecule has 2 aromatic rings. The molecule has 4 nitrogen and oxygen atoms in total. The van der Waals surface area contributed by atoms with Gasteiger partial charge in [-0.3, -0.25) is 0 Å². The Hall–Kier alpha value is -2.36. The van der Waals surface area contributed by atoms with E-state index in [4.69, 9.17) is 4.74 Å². The van der Waals surface area contributed by atoms with Crippen molar-refractivity contribution < 1.29 is 9.48 Å². The summed E-state index contributed by atoms with van der Waals surface area (Å²) in [6.45, 7) is 0.541. The van der Waals surface area contributed by atoms with Gasteiger partial charge in [0.25, 0.3) is 0 Å². The second-order valence-corrected chi connectivity index (χ2v) is 3.72. The third-order valence-electron chi connectivity index (χ3n) is 2.33. The number of hydrogen-bond donors (Lipinski definition) is 0. The molecular formula is C14H14N2O2. The normalized spacial score (nSPS) is 11.2.